The number of ether oxygens (including phenoxy) is 3. The summed E-state index contributed by atoms with van der Waals surface area (Å²) in [5, 5.41) is 2.82. The number of hydrogen-bond acceptors (Lipinski definition) is 7. The molecule has 1 unspecified atom stereocenters. The zero-order valence-corrected chi connectivity index (χ0v) is 21.4. The third-order valence-corrected chi connectivity index (χ3v) is 6.38. The van der Waals surface area contributed by atoms with Gasteiger partial charge in [0.05, 0.1) is 25.2 Å². The Morgan fingerprint density at radius 1 is 0.861 bits per heavy atom. The van der Waals surface area contributed by atoms with Crippen molar-refractivity contribution in [3.8, 4) is 0 Å². The van der Waals surface area contributed by atoms with Crippen LogP contribution in [0.25, 0.3) is 0 Å². The Hall–Kier alpha value is -3.68. The summed E-state index contributed by atoms with van der Waals surface area (Å²) in [5.41, 5.74) is 1.31. The maximum Gasteiger partial charge on any atom is 0.338 e. The maximum atomic E-state index is 13.1. The first-order chi connectivity index (χ1) is 17.0. The zero-order chi connectivity index (χ0) is 26.5. The van der Waals surface area contributed by atoms with Crippen LogP contribution in [0.5, 0.6) is 0 Å². The number of fused-ring (bicyclic) bond motifs is 1. The number of rotatable bonds is 8. The second kappa shape index (κ2) is 10.9. The number of amides is 1. The van der Waals surface area contributed by atoms with Crippen LogP contribution in [0.4, 0.5) is 5.69 Å². The third kappa shape index (κ3) is 5.93. The van der Waals surface area contributed by atoms with Crippen molar-refractivity contribution in [1.82, 2.24) is 0 Å². The van der Waals surface area contributed by atoms with Crippen LogP contribution in [0.1, 0.15) is 85.7 Å². The lowest BCUT2D eigenvalue weighted by Crippen LogP contribution is -2.43. The molecule has 0 spiro atoms. The van der Waals surface area contributed by atoms with E-state index in [2.05, 4.69) is 19.2 Å². The van der Waals surface area contributed by atoms with E-state index < -0.39 is 23.5 Å². The first kappa shape index (κ1) is 26.9. The predicted octanol–water partition coefficient (Wildman–Crippen LogP) is 4.90. The van der Waals surface area contributed by atoms with Gasteiger partial charge in [0.15, 0.2) is 0 Å². The molecule has 0 saturated heterocycles. The smallest absolute Gasteiger partial charge is 0.338 e. The van der Waals surface area contributed by atoms with Crippen molar-refractivity contribution in [2.75, 3.05) is 18.5 Å². The number of hydrogen-bond donors (Lipinski definition) is 1. The predicted molar refractivity (Wildman–Crippen MR) is 134 cm³/mol. The number of anilines is 1. The maximum absolute atomic E-state index is 13.1. The van der Waals surface area contributed by atoms with Crippen molar-refractivity contribution in [1.29, 1.82) is 0 Å². The quantitative estimate of drug-likeness (QED) is 0.410. The standard InChI is InChI=1S/C28H33NO7/c1-6-34-24(31)17-28(36-18(3)30)15-14-27(4,5)22-13-10-20(16-23(22)28)25(32)29-21-11-8-19(9-12-21)26(33)35-7-2/h8-13,16H,6-7,14-15,17H2,1-5H3,(H,29,32). The van der Waals surface area contributed by atoms with E-state index in [0.717, 1.165) is 5.56 Å². The highest BCUT2D eigenvalue weighted by Gasteiger charge is 2.47. The minimum Gasteiger partial charge on any atom is -0.466 e. The average Bonchev–Trinajstić information content (AvgIpc) is 2.82. The van der Waals surface area contributed by atoms with E-state index in [9.17, 15) is 19.2 Å². The molecule has 192 valence electrons. The molecule has 3 rings (SSSR count). The third-order valence-electron chi connectivity index (χ3n) is 6.38. The van der Waals surface area contributed by atoms with Crippen LogP contribution in [-0.2, 0) is 34.8 Å². The zero-order valence-electron chi connectivity index (χ0n) is 21.4. The van der Waals surface area contributed by atoms with Gasteiger partial charge < -0.3 is 19.5 Å². The van der Waals surface area contributed by atoms with E-state index in [1.165, 1.54) is 6.92 Å². The highest BCUT2D eigenvalue weighted by atomic mass is 16.6. The molecule has 2 aromatic rings. The second-order valence-electron chi connectivity index (χ2n) is 9.47. The molecule has 8 heteroatoms. The van der Waals surface area contributed by atoms with Gasteiger partial charge in [-0.15, -0.1) is 0 Å². The molecular weight excluding hydrogens is 462 g/mol. The fourth-order valence-electron chi connectivity index (χ4n) is 4.59. The van der Waals surface area contributed by atoms with Crippen LogP contribution in [0.3, 0.4) is 0 Å². The minimum atomic E-state index is -1.22. The molecule has 1 aliphatic carbocycles. The largest absolute Gasteiger partial charge is 0.466 e. The number of esters is 3. The van der Waals surface area contributed by atoms with Gasteiger partial charge in [0, 0.05) is 23.7 Å². The lowest BCUT2D eigenvalue weighted by molar-refractivity contribution is -0.168. The molecule has 8 nitrogen and oxygen atoms in total. The number of benzene rings is 2. The van der Waals surface area contributed by atoms with Crippen molar-refractivity contribution in [2.45, 2.75) is 64.9 Å². The summed E-state index contributed by atoms with van der Waals surface area (Å²) in [4.78, 5) is 49.6. The van der Waals surface area contributed by atoms with Gasteiger partial charge in [-0.25, -0.2) is 4.79 Å². The molecule has 1 N–H and O–H groups in total. The van der Waals surface area contributed by atoms with Gasteiger partial charge in [0.2, 0.25) is 0 Å². The Morgan fingerprint density at radius 2 is 1.50 bits per heavy atom. The van der Waals surface area contributed by atoms with Crippen molar-refractivity contribution >= 4 is 29.5 Å². The van der Waals surface area contributed by atoms with E-state index in [0.29, 0.717) is 35.2 Å². The van der Waals surface area contributed by atoms with Gasteiger partial charge in [0.1, 0.15) is 5.60 Å². The highest BCUT2D eigenvalue weighted by Crippen LogP contribution is 2.49. The van der Waals surface area contributed by atoms with Crippen LogP contribution >= 0.6 is 0 Å². The highest BCUT2D eigenvalue weighted by molar-refractivity contribution is 6.04. The summed E-state index contributed by atoms with van der Waals surface area (Å²) in [6.45, 7) is 9.41. The van der Waals surface area contributed by atoms with Crippen LogP contribution in [0.15, 0.2) is 42.5 Å². The summed E-state index contributed by atoms with van der Waals surface area (Å²) < 4.78 is 16.0. The first-order valence-electron chi connectivity index (χ1n) is 12.1. The molecule has 0 bridgehead atoms. The summed E-state index contributed by atoms with van der Waals surface area (Å²) in [6, 6.07) is 11.7. The minimum absolute atomic E-state index is 0.135. The number of carbonyl (C=O) groups excluding carboxylic acids is 4. The summed E-state index contributed by atoms with van der Waals surface area (Å²) >= 11 is 0. The monoisotopic (exact) mass is 495 g/mol. The van der Waals surface area contributed by atoms with E-state index in [1.54, 1.807) is 50.2 Å². The van der Waals surface area contributed by atoms with Gasteiger partial charge >= 0.3 is 17.9 Å². The molecule has 36 heavy (non-hydrogen) atoms. The van der Waals surface area contributed by atoms with Crippen molar-refractivity contribution < 1.29 is 33.4 Å². The van der Waals surface area contributed by atoms with Crippen LogP contribution < -0.4 is 5.32 Å². The Labute approximate surface area is 211 Å². The van der Waals surface area contributed by atoms with E-state index in [-0.39, 0.29) is 31.0 Å². The lowest BCUT2D eigenvalue weighted by atomic mass is 9.65. The fourth-order valence-corrected chi connectivity index (χ4v) is 4.59. The molecule has 1 amide bonds. The fraction of sp³-hybridized carbons (Fsp3) is 0.429. The van der Waals surface area contributed by atoms with E-state index >= 15 is 0 Å². The van der Waals surface area contributed by atoms with Crippen LogP contribution in [0.2, 0.25) is 0 Å². The van der Waals surface area contributed by atoms with Crippen molar-refractivity contribution in [3.05, 3.63) is 64.7 Å². The average molecular weight is 496 g/mol. The van der Waals surface area contributed by atoms with Gasteiger partial charge in [-0.1, -0.05) is 19.9 Å². The SMILES string of the molecule is CCOC(=O)CC1(OC(C)=O)CCC(C)(C)c2ccc(C(=O)Nc3ccc(C(=O)OCC)cc3)cc21. The molecular formula is C28H33NO7. The van der Waals surface area contributed by atoms with E-state index in [4.69, 9.17) is 14.2 Å². The molecule has 0 radical (unpaired) electrons. The Morgan fingerprint density at radius 3 is 2.11 bits per heavy atom. The summed E-state index contributed by atoms with van der Waals surface area (Å²) in [6.07, 6.45) is 0.973. The first-order valence-corrected chi connectivity index (χ1v) is 12.1. The van der Waals surface area contributed by atoms with Crippen LogP contribution in [0, 0.1) is 0 Å². The molecule has 0 fully saturated rings. The molecule has 2 aromatic carbocycles. The molecule has 1 atom stereocenters. The normalized spacial score (nSPS) is 17.9. The van der Waals surface area contributed by atoms with Gasteiger partial charge in [-0.05, 0) is 74.1 Å². The summed E-state index contributed by atoms with van der Waals surface area (Å²) in [5.74, 6) is -1.79. The van der Waals surface area contributed by atoms with Gasteiger partial charge in [-0.2, -0.15) is 0 Å². The molecule has 0 heterocycles. The Balaban J connectivity index is 1.96. The molecule has 0 aromatic heterocycles. The van der Waals surface area contributed by atoms with E-state index in [1.807, 2.05) is 6.07 Å². The van der Waals surface area contributed by atoms with Crippen molar-refractivity contribution in [2.24, 2.45) is 0 Å². The van der Waals surface area contributed by atoms with Crippen LogP contribution in [-0.4, -0.2) is 37.0 Å². The van der Waals surface area contributed by atoms with Crippen molar-refractivity contribution in [3.63, 3.8) is 0 Å². The van der Waals surface area contributed by atoms with Gasteiger partial charge in [-0.3, -0.25) is 14.4 Å². The number of nitrogens with one attached hydrogen (secondary N) is 1. The second-order valence-corrected chi connectivity index (χ2v) is 9.47. The Kier molecular flexibility index (Phi) is 8.17. The lowest BCUT2D eigenvalue weighted by Gasteiger charge is -2.44. The number of carbonyl (C=O) groups is 4. The molecule has 0 aliphatic heterocycles. The molecule has 1 aliphatic rings. The van der Waals surface area contributed by atoms with Gasteiger partial charge in [0.25, 0.3) is 5.91 Å². The molecule has 0 saturated carbocycles. The summed E-state index contributed by atoms with van der Waals surface area (Å²) in [7, 11) is 0. The Bertz CT molecular complexity index is 1150. The topological polar surface area (TPSA) is 108 Å².